The van der Waals surface area contributed by atoms with Crippen molar-refractivity contribution in [3.05, 3.63) is 18.5 Å². The van der Waals surface area contributed by atoms with Crippen LogP contribution in [0.2, 0.25) is 0 Å². The summed E-state index contributed by atoms with van der Waals surface area (Å²) in [6.07, 6.45) is 4.11. The number of imidazole rings is 1. The largest absolute Gasteiger partial charge is 0.382 e. The normalized spacial score (nSPS) is 24.9. The van der Waals surface area contributed by atoms with Crippen LogP contribution in [0.25, 0.3) is 16.9 Å². The van der Waals surface area contributed by atoms with Gasteiger partial charge < -0.3 is 5.73 Å². The van der Waals surface area contributed by atoms with Gasteiger partial charge in [0, 0.05) is 11.1 Å². The number of halogens is 1. The Morgan fingerprint density at radius 2 is 2.00 bits per heavy atom. The molecule has 0 fully saturated rings. The molecule has 5 nitrogen and oxygen atoms in total. The summed E-state index contributed by atoms with van der Waals surface area (Å²) in [6, 6.07) is 0. The minimum Gasteiger partial charge on any atom is -0.382 e. The topological polar surface area (TPSA) is 69.6 Å². The van der Waals surface area contributed by atoms with Crippen molar-refractivity contribution in [3.8, 4) is 0 Å². The Kier molecular flexibility index (Phi) is 3.65. The second-order valence-corrected chi connectivity index (χ2v) is 7.28. The van der Waals surface area contributed by atoms with E-state index in [1.165, 1.54) is 0 Å². The van der Waals surface area contributed by atoms with Crippen LogP contribution in [-0.4, -0.2) is 19.5 Å². The Bertz CT molecular complexity index is 777. The first-order valence-corrected chi connectivity index (χ1v) is 8.13. The van der Waals surface area contributed by atoms with Gasteiger partial charge >= 0.3 is 6.08 Å². The standard InChI is InChI=1S/C17H24FN5/c1-9(2)11-6-7-12(17(11,5)10(3)4)23-8-20-13-14(19)21-16(18)22-15(13)23/h7-11H,6H2,1-5H3,(H2,19,21,22)/t11?,17-/m0/s1. The van der Waals surface area contributed by atoms with E-state index >= 15 is 0 Å². The molecule has 0 saturated heterocycles. The number of nitrogens with two attached hydrogens (primary N) is 1. The fraction of sp³-hybridized carbons (Fsp3) is 0.588. The molecule has 23 heavy (non-hydrogen) atoms. The van der Waals surface area contributed by atoms with E-state index in [-0.39, 0.29) is 11.2 Å². The van der Waals surface area contributed by atoms with Crippen LogP contribution in [0.5, 0.6) is 0 Å². The van der Waals surface area contributed by atoms with Crippen molar-refractivity contribution in [2.45, 2.75) is 41.0 Å². The molecule has 3 rings (SSSR count). The van der Waals surface area contributed by atoms with Crippen LogP contribution in [0.1, 0.15) is 41.0 Å². The third kappa shape index (κ3) is 2.23. The number of rotatable bonds is 3. The van der Waals surface area contributed by atoms with Gasteiger partial charge in [0.25, 0.3) is 0 Å². The minimum atomic E-state index is -0.818. The van der Waals surface area contributed by atoms with Crippen LogP contribution < -0.4 is 5.73 Å². The van der Waals surface area contributed by atoms with Crippen LogP contribution >= 0.6 is 0 Å². The lowest BCUT2D eigenvalue weighted by molar-refractivity contribution is 0.153. The van der Waals surface area contributed by atoms with Gasteiger partial charge in [0.05, 0.1) is 0 Å². The lowest BCUT2D eigenvalue weighted by Gasteiger charge is -2.41. The van der Waals surface area contributed by atoms with E-state index in [4.69, 9.17) is 5.73 Å². The fourth-order valence-electron chi connectivity index (χ4n) is 4.01. The number of hydrogen-bond acceptors (Lipinski definition) is 4. The molecule has 2 aromatic heterocycles. The van der Waals surface area contributed by atoms with Gasteiger partial charge in [-0.05, 0) is 24.2 Å². The number of fused-ring (bicyclic) bond motifs is 1. The Hall–Kier alpha value is -1.98. The lowest BCUT2D eigenvalue weighted by atomic mass is 9.66. The number of aromatic nitrogens is 4. The molecule has 0 bridgehead atoms. The van der Waals surface area contributed by atoms with E-state index in [0.717, 1.165) is 12.1 Å². The van der Waals surface area contributed by atoms with Gasteiger partial charge in [0.1, 0.15) is 6.33 Å². The quantitative estimate of drug-likeness (QED) is 0.876. The Labute approximate surface area is 135 Å². The highest BCUT2D eigenvalue weighted by molar-refractivity contribution is 5.84. The molecule has 1 unspecified atom stereocenters. The van der Waals surface area contributed by atoms with Crippen molar-refractivity contribution in [2.75, 3.05) is 5.73 Å². The molecule has 2 N–H and O–H groups in total. The van der Waals surface area contributed by atoms with Crippen LogP contribution in [0, 0.1) is 29.2 Å². The summed E-state index contributed by atoms with van der Waals surface area (Å²) in [7, 11) is 0. The maximum atomic E-state index is 13.6. The highest BCUT2D eigenvalue weighted by atomic mass is 19.1. The molecule has 0 saturated carbocycles. The zero-order valence-electron chi connectivity index (χ0n) is 14.3. The number of anilines is 1. The molecule has 0 aliphatic heterocycles. The van der Waals surface area contributed by atoms with E-state index in [0.29, 0.717) is 28.9 Å². The van der Waals surface area contributed by atoms with Crippen LogP contribution in [0.4, 0.5) is 10.2 Å². The molecule has 2 aromatic rings. The van der Waals surface area contributed by atoms with E-state index in [2.05, 4.69) is 55.6 Å². The van der Waals surface area contributed by atoms with Crippen molar-refractivity contribution < 1.29 is 4.39 Å². The average Bonchev–Trinajstić information content (AvgIpc) is 3.00. The van der Waals surface area contributed by atoms with Crippen molar-refractivity contribution >= 4 is 22.7 Å². The van der Waals surface area contributed by atoms with Crippen molar-refractivity contribution in [1.29, 1.82) is 0 Å². The first kappa shape index (κ1) is 15.9. The number of nitrogen functional groups attached to an aromatic ring is 1. The summed E-state index contributed by atoms with van der Waals surface area (Å²) in [5.74, 6) is 1.60. The summed E-state index contributed by atoms with van der Waals surface area (Å²) in [5, 5.41) is 0. The number of allylic oxidation sites excluding steroid dienone is 2. The summed E-state index contributed by atoms with van der Waals surface area (Å²) < 4.78 is 15.5. The zero-order valence-corrected chi connectivity index (χ0v) is 14.3. The number of hydrogen-bond donors (Lipinski definition) is 1. The minimum absolute atomic E-state index is 0.0298. The second kappa shape index (κ2) is 5.28. The second-order valence-electron chi connectivity index (χ2n) is 7.28. The molecular formula is C17H24FN5. The first-order valence-electron chi connectivity index (χ1n) is 8.13. The Morgan fingerprint density at radius 3 is 2.61 bits per heavy atom. The first-order chi connectivity index (χ1) is 10.8. The van der Waals surface area contributed by atoms with E-state index in [1.54, 1.807) is 6.33 Å². The zero-order chi connectivity index (χ0) is 16.9. The molecular weight excluding hydrogens is 293 g/mol. The van der Waals surface area contributed by atoms with Crippen molar-refractivity contribution in [2.24, 2.45) is 23.2 Å². The van der Waals surface area contributed by atoms with E-state index in [9.17, 15) is 4.39 Å². The van der Waals surface area contributed by atoms with Gasteiger partial charge in [-0.2, -0.15) is 14.4 Å². The molecule has 124 valence electrons. The molecule has 0 aromatic carbocycles. The van der Waals surface area contributed by atoms with Crippen LogP contribution in [0.15, 0.2) is 12.4 Å². The monoisotopic (exact) mass is 317 g/mol. The summed E-state index contributed by atoms with van der Waals surface area (Å²) >= 11 is 0. The Morgan fingerprint density at radius 1 is 1.30 bits per heavy atom. The predicted molar refractivity (Wildman–Crippen MR) is 89.9 cm³/mol. The number of nitrogens with zero attached hydrogens (tertiary/aromatic N) is 4. The highest BCUT2D eigenvalue weighted by Gasteiger charge is 2.46. The van der Waals surface area contributed by atoms with Crippen molar-refractivity contribution in [1.82, 2.24) is 19.5 Å². The molecule has 2 heterocycles. The maximum Gasteiger partial charge on any atom is 0.312 e. The van der Waals surface area contributed by atoms with Gasteiger partial charge in [-0.15, -0.1) is 0 Å². The molecule has 0 amide bonds. The smallest absolute Gasteiger partial charge is 0.312 e. The van der Waals surface area contributed by atoms with E-state index < -0.39 is 6.08 Å². The summed E-state index contributed by atoms with van der Waals surface area (Å²) in [4.78, 5) is 11.8. The third-order valence-corrected chi connectivity index (χ3v) is 5.55. The molecule has 2 atom stereocenters. The summed E-state index contributed by atoms with van der Waals surface area (Å²) in [6.45, 7) is 11.3. The third-order valence-electron chi connectivity index (χ3n) is 5.55. The fourth-order valence-corrected chi connectivity index (χ4v) is 4.01. The molecule has 0 spiro atoms. The molecule has 0 radical (unpaired) electrons. The summed E-state index contributed by atoms with van der Waals surface area (Å²) in [5.41, 5.74) is 7.78. The van der Waals surface area contributed by atoms with Gasteiger partial charge in [0.15, 0.2) is 17.0 Å². The maximum absolute atomic E-state index is 13.6. The van der Waals surface area contributed by atoms with Gasteiger partial charge in [-0.25, -0.2) is 4.98 Å². The van der Waals surface area contributed by atoms with E-state index in [1.807, 2.05) is 4.57 Å². The van der Waals surface area contributed by atoms with Gasteiger partial charge in [-0.3, -0.25) is 4.57 Å². The van der Waals surface area contributed by atoms with Gasteiger partial charge in [-0.1, -0.05) is 40.7 Å². The molecule has 6 heteroatoms. The molecule has 1 aliphatic rings. The predicted octanol–water partition coefficient (Wildman–Crippen LogP) is 3.73. The van der Waals surface area contributed by atoms with Crippen LogP contribution in [-0.2, 0) is 0 Å². The average molecular weight is 317 g/mol. The molecule has 1 aliphatic carbocycles. The van der Waals surface area contributed by atoms with Gasteiger partial charge in [0.2, 0.25) is 0 Å². The van der Waals surface area contributed by atoms with Crippen LogP contribution in [0.3, 0.4) is 0 Å². The van der Waals surface area contributed by atoms with Crippen molar-refractivity contribution in [3.63, 3.8) is 0 Å². The lowest BCUT2D eigenvalue weighted by Crippen LogP contribution is -2.35. The Balaban J connectivity index is 2.19. The SMILES string of the molecule is CC(C)C1CC=C(n2cnc3c(N)nc(F)nc32)[C@@]1(C)C(C)C. The highest BCUT2D eigenvalue weighted by Crippen LogP contribution is 2.54.